The van der Waals surface area contributed by atoms with Crippen molar-refractivity contribution in [2.45, 2.75) is 44.9 Å². The molecule has 156 valence electrons. The highest BCUT2D eigenvalue weighted by Crippen LogP contribution is 2.48. The number of likely N-dealkylation sites (tertiary alicyclic amines) is 1. The summed E-state index contributed by atoms with van der Waals surface area (Å²) in [4.78, 5) is 19.0. The van der Waals surface area contributed by atoms with E-state index < -0.39 is 0 Å². The van der Waals surface area contributed by atoms with E-state index in [-0.39, 0.29) is 47.1 Å². The van der Waals surface area contributed by atoms with Gasteiger partial charge in [-0.25, -0.2) is 4.39 Å². The minimum Gasteiger partial charge on any atom is -0.466 e. The molecule has 0 spiro atoms. The van der Waals surface area contributed by atoms with Crippen LogP contribution in [-0.2, 0) is 14.9 Å². The minimum absolute atomic E-state index is 0. The monoisotopic (exact) mass is 503 g/mol. The Kier molecular flexibility index (Phi) is 8.52. The van der Waals surface area contributed by atoms with Gasteiger partial charge in [0.15, 0.2) is 5.96 Å². The van der Waals surface area contributed by atoms with E-state index in [0.717, 1.165) is 56.8 Å². The molecule has 1 aliphatic carbocycles. The zero-order valence-electron chi connectivity index (χ0n) is 16.7. The summed E-state index contributed by atoms with van der Waals surface area (Å²) in [6.45, 7) is 7.38. The van der Waals surface area contributed by atoms with E-state index in [1.165, 1.54) is 6.07 Å². The topological polar surface area (TPSA) is 53.9 Å². The van der Waals surface area contributed by atoms with Crippen molar-refractivity contribution in [3.8, 4) is 0 Å². The van der Waals surface area contributed by atoms with Gasteiger partial charge in [-0.05, 0) is 57.2 Å². The molecule has 0 atom stereocenters. The quantitative estimate of drug-likeness (QED) is 0.279. The summed E-state index contributed by atoms with van der Waals surface area (Å²) in [7, 11) is 0. The Hall–Kier alpha value is -1.38. The summed E-state index contributed by atoms with van der Waals surface area (Å²) in [5.41, 5.74) is 1.02. The second kappa shape index (κ2) is 10.4. The SMILES string of the molecule is CCNC(=NCC1(c2cccc(F)c2)CC1)N1CCC(C(=O)OCC)CC1.I. The predicted octanol–water partition coefficient (Wildman–Crippen LogP) is 3.72. The molecule has 0 unspecified atom stereocenters. The summed E-state index contributed by atoms with van der Waals surface area (Å²) in [5.74, 6) is 0.617. The molecule has 0 bridgehead atoms. The number of rotatable bonds is 6. The number of benzene rings is 1. The Morgan fingerprint density at radius 2 is 2.04 bits per heavy atom. The Morgan fingerprint density at radius 1 is 1.32 bits per heavy atom. The fourth-order valence-electron chi connectivity index (χ4n) is 3.75. The Morgan fingerprint density at radius 3 is 2.61 bits per heavy atom. The zero-order valence-corrected chi connectivity index (χ0v) is 19.1. The number of carbonyl (C=O) groups is 1. The molecule has 28 heavy (non-hydrogen) atoms. The van der Waals surface area contributed by atoms with Gasteiger partial charge >= 0.3 is 5.97 Å². The van der Waals surface area contributed by atoms with Gasteiger partial charge in [-0.1, -0.05) is 12.1 Å². The van der Waals surface area contributed by atoms with Gasteiger partial charge < -0.3 is 15.0 Å². The molecule has 1 saturated heterocycles. The van der Waals surface area contributed by atoms with E-state index in [4.69, 9.17) is 9.73 Å². The van der Waals surface area contributed by atoms with Gasteiger partial charge in [-0.15, -0.1) is 24.0 Å². The van der Waals surface area contributed by atoms with E-state index >= 15 is 0 Å². The number of ether oxygens (including phenoxy) is 1. The molecule has 5 nitrogen and oxygen atoms in total. The molecule has 1 N–H and O–H groups in total. The van der Waals surface area contributed by atoms with Crippen LogP contribution in [0.4, 0.5) is 4.39 Å². The fraction of sp³-hybridized carbons (Fsp3) is 0.619. The Balaban J connectivity index is 0.00000280. The van der Waals surface area contributed by atoms with Crippen molar-refractivity contribution in [3.05, 3.63) is 35.6 Å². The first-order valence-electron chi connectivity index (χ1n) is 10.0. The van der Waals surface area contributed by atoms with Crippen molar-refractivity contribution in [1.29, 1.82) is 0 Å². The number of nitrogens with zero attached hydrogens (tertiary/aromatic N) is 2. The fourth-order valence-corrected chi connectivity index (χ4v) is 3.75. The van der Waals surface area contributed by atoms with Crippen molar-refractivity contribution in [3.63, 3.8) is 0 Å². The van der Waals surface area contributed by atoms with Crippen molar-refractivity contribution in [2.24, 2.45) is 10.9 Å². The highest BCUT2D eigenvalue weighted by molar-refractivity contribution is 14.0. The lowest BCUT2D eigenvalue weighted by Crippen LogP contribution is -2.47. The van der Waals surface area contributed by atoms with Crippen LogP contribution in [0.2, 0.25) is 0 Å². The number of aliphatic imine (C=N–C) groups is 1. The first kappa shape index (κ1) is 22.9. The highest BCUT2D eigenvalue weighted by Gasteiger charge is 2.44. The van der Waals surface area contributed by atoms with Crippen LogP contribution >= 0.6 is 24.0 Å². The van der Waals surface area contributed by atoms with E-state index in [1.54, 1.807) is 12.1 Å². The summed E-state index contributed by atoms with van der Waals surface area (Å²) in [6, 6.07) is 6.91. The van der Waals surface area contributed by atoms with Gasteiger partial charge in [-0.3, -0.25) is 9.79 Å². The molecule has 0 aromatic heterocycles. The maximum Gasteiger partial charge on any atom is 0.309 e. The number of hydrogen-bond donors (Lipinski definition) is 1. The Labute approximate surface area is 184 Å². The normalized spacial score (nSPS) is 19.0. The lowest BCUT2D eigenvalue weighted by Gasteiger charge is -2.33. The molecule has 7 heteroatoms. The van der Waals surface area contributed by atoms with Crippen LogP contribution in [0.1, 0.15) is 45.1 Å². The van der Waals surface area contributed by atoms with Gasteiger partial charge in [0.25, 0.3) is 0 Å². The molecule has 1 aromatic carbocycles. The van der Waals surface area contributed by atoms with Gasteiger partial charge in [0, 0.05) is 25.0 Å². The average Bonchev–Trinajstić information content (AvgIpc) is 3.47. The maximum absolute atomic E-state index is 13.6. The smallest absolute Gasteiger partial charge is 0.309 e. The number of carbonyl (C=O) groups excluding carboxylic acids is 1. The molecule has 3 rings (SSSR count). The standard InChI is InChI=1S/C21H30FN3O2.HI/c1-3-23-20(25-12-8-16(9-13-25)19(26)27-4-2)24-15-21(10-11-21)17-6-5-7-18(22)14-17;/h5-7,14,16H,3-4,8-13,15H2,1-2H3,(H,23,24);1H. The third-order valence-electron chi connectivity index (χ3n) is 5.57. The average molecular weight is 503 g/mol. The first-order valence-corrected chi connectivity index (χ1v) is 10.0. The van der Waals surface area contributed by atoms with Crippen LogP contribution in [0.3, 0.4) is 0 Å². The van der Waals surface area contributed by atoms with Crippen LogP contribution in [0.5, 0.6) is 0 Å². The van der Waals surface area contributed by atoms with Gasteiger partial charge in [-0.2, -0.15) is 0 Å². The molecule has 1 heterocycles. The van der Waals surface area contributed by atoms with Crippen LogP contribution in [0.15, 0.2) is 29.3 Å². The second-order valence-electron chi connectivity index (χ2n) is 7.47. The third kappa shape index (κ3) is 5.58. The number of halogens is 2. The van der Waals surface area contributed by atoms with Crippen molar-refractivity contribution in [1.82, 2.24) is 10.2 Å². The molecule has 1 aromatic rings. The number of guanidine groups is 1. The van der Waals surface area contributed by atoms with E-state index in [1.807, 2.05) is 13.0 Å². The van der Waals surface area contributed by atoms with Crippen molar-refractivity contribution < 1.29 is 13.9 Å². The number of hydrogen-bond acceptors (Lipinski definition) is 3. The summed E-state index contributed by atoms with van der Waals surface area (Å²) < 4.78 is 18.7. The molecule has 0 amide bonds. The molecule has 2 fully saturated rings. The molecule has 1 aliphatic heterocycles. The minimum atomic E-state index is -0.185. The van der Waals surface area contributed by atoms with E-state index in [0.29, 0.717) is 13.2 Å². The largest absolute Gasteiger partial charge is 0.466 e. The highest BCUT2D eigenvalue weighted by atomic mass is 127. The summed E-state index contributed by atoms with van der Waals surface area (Å²) >= 11 is 0. The zero-order chi connectivity index (χ0) is 19.3. The molecular formula is C21H31FIN3O2. The lowest BCUT2D eigenvalue weighted by atomic mass is 9.96. The van der Waals surface area contributed by atoms with Gasteiger partial charge in [0.2, 0.25) is 0 Å². The van der Waals surface area contributed by atoms with Crippen molar-refractivity contribution in [2.75, 3.05) is 32.8 Å². The van der Waals surface area contributed by atoms with Crippen LogP contribution in [0.25, 0.3) is 0 Å². The summed E-state index contributed by atoms with van der Waals surface area (Å²) in [5, 5.41) is 3.37. The van der Waals surface area contributed by atoms with E-state index in [2.05, 4.69) is 17.1 Å². The number of piperidine rings is 1. The van der Waals surface area contributed by atoms with Crippen LogP contribution < -0.4 is 5.32 Å². The number of nitrogens with one attached hydrogen (secondary N) is 1. The lowest BCUT2D eigenvalue weighted by molar-refractivity contribution is -0.149. The second-order valence-corrected chi connectivity index (χ2v) is 7.47. The third-order valence-corrected chi connectivity index (χ3v) is 5.57. The van der Waals surface area contributed by atoms with Crippen LogP contribution in [-0.4, -0.2) is 49.6 Å². The molecule has 0 radical (unpaired) electrons. The van der Waals surface area contributed by atoms with Gasteiger partial charge in [0.1, 0.15) is 5.82 Å². The molecule has 2 aliphatic rings. The first-order chi connectivity index (χ1) is 13.1. The van der Waals surface area contributed by atoms with E-state index in [9.17, 15) is 9.18 Å². The molecular weight excluding hydrogens is 472 g/mol. The van der Waals surface area contributed by atoms with Crippen molar-refractivity contribution >= 4 is 35.9 Å². The summed E-state index contributed by atoms with van der Waals surface area (Å²) in [6.07, 6.45) is 3.67. The van der Waals surface area contributed by atoms with Crippen LogP contribution in [0, 0.1) is 11.7 Å². The number of esters is 1. The maximum atomic E-state index is 13.6. The predicted molar refractivity (Wildman–Crippen MR) is 120 cm³/mol. The molecule has 1 saturated carbocycles. The Bertz CT molecular complexity index is 686. The van der Waals surface area contributed by atoms with Gasteiger partial charge in [0.05, 0.1) is 19.1 Å².